The van der Waals surface area contributed by atoms with E-state index in [1.165, 1.54) is 11.3 Å². The average molecular weight is 248 g/mol. The minimum absolute atomic E-state index is 0.512. The highest BCUT2D eigenvalue weighted by atomic mass is 32.1. The number of hydrogen-bond donors (Lipinski definition) is 1. The van der Waals surface area contributed by atoms with Crippen LogP contribution in [0.5, 0.6) is 0 Å². The van der Waals surface area contributed by atoms with Gasteiger partial charge in [0.2, 0.25) is 5.95 Å². The Hall–Kier alpha value is -1.82. The zero-order chi connectivity index (χ0) is 12.1. The van der Waals surface area contributed by atoms with E-state index in [-0.39, 0.29) is 0 Å². The van der Waals surface area contributed by atoms with Crippen molar-refractivity contribution in [2.24, 2.45) is 0 Å². The van der Waals surface area contributed by atoms with E-state index in [0.29, 0.717) is 18.8 Å². The molecule has 2 aromatic rings. The third-order valence-electron chi connectivity index (χ3n) is 2.19. The summed E-state index contributed by atoms with van der Waals surface area (Å²) in [6, 6.07) is 0. The molecule has 0 saturated carbocycles. The van der Waals surface area contributed by atoms with Gasteiger partial charge < -0.3 is 10.1 Å². The van der Waals surface area contributed by atoms with Crippen LogP contribution in [0.15, 0.2) is 17.8 Å². The van der Waals surface area contributed by atoms with Crippen LogP contribution < -0.4 is 5.32 Å². The molecule has 0 atom stereocenters. The first kappa shape index (κ1) is 11.7. The summed E-state index contributed by atoms with van der Waals surface area (Å²) >= 11 is 1.54. The molecule has 5 nitrogen and oxygen atoms in total. The molecular formula is C11H12N4OS. The van der Waals surface area contributed by atoms with Gasteiger partial charge in [-0.1, -0.05) is 0 Å². The summed E-state index contributed by atoms with van der Waals surface area (Å²) in [5.41, 5.74) is 1.83. The minimum atomic E-state index is 0.512. The first-order chi connectivity index (χ1) is 8.33. The predicted octanol–water partition coefficient (Wildman–Crippen LogP) is 1.77. The highest BCUT2D eigenvalue weighted by Gasteiger charge is 2.05. The molecule has 0 fully saturated rings. The molecule has 88 valence electrons. The fraction of sp³-hybridized carbons (Fsp3) is 0.273. The number of aldehydes is 1. The lowest BCUT2D eigenvalue weighted by molar-refractivity contribution is -0.107. The van der Waals surface area contributed by atoms with Crippen molar-refractivity contribution in [2.75, 3.05) is 12.4 Å². The summed E-state index contributed by atoms with van der Waals surface area (Å²) in [5.74, 6) is 0.589. The van der Waals surface area contributed by atoms with E-state index in [2.05, 4.69) is 20.3 Å². The van der Waals surface area contributed by atoms with Crippen molar-refractivity contribution < 1.29 is 4.79 Å². The van der Waals surface area contributed by atoms with E-state index in [0.717, 1.165) is 22.6 Å². The molecule has 0 bridgehead atoms. The fourth-order valence-corrected chi connectivity index (χ4v) is 2.16. The van der Waals surface area contributed by atoms with Gasteiger partial charge >= 0.3 is 0 Å². The maximum absolute atomic E-state index is 10.3. The molecule has 2 rings (SSSR count). The summed E-state index contributed by atoms with van der Waals surface area (Å²) < 4.78 is 0. The van der Waals surface area contributed by atoms with Gasteiger partial charge in [-0.2, -0.15) is 0 Å². The first-order valence-corrected chi connectivity index (χ1v) is 6.09. The van der Waals surface area contributed by atoms with Gasteiger partial charge in [0.15, 0.2) is 0 Å². The van der Waals surface area contributed by atoms with E-state index in [1.54, 1.807) is 19.4 Å². The van der Waals surface area contributed by atoms with Crippen molar-refractivity contribution in [3.05, 3.63) is 23.5 Å². The highest BCUT2D eigenvalue weighted by Crippen LogP contribution is 2.23. The maximum Gasteiger partial charge on any atom is 0.222 e. The molecule has 0 aliphatic carbocycles. The molecule has 0 aromatic carbocycles. The quantitative estimate of drug-likeness (QED) is 0.817. The molecule has 0 aliphatic heterocycles. The molecular weight excluding hydrogens is 236 g/mol. The Kier molecular flexibility index (Phi) is 3.77. The third-order valence-corrected chi connectivity index (χ3v) is 3.13. The topological polar surface area (TPSA) is 67.8 Å². The number of thiazole rings is 1. The number of rotatable bonds is 5. The standard InChI is InChI=1S/C11H12N4OS/c1-12-11-13-5-8(6-14-11)10-15-9(7-17-10)3-2-4-16/h4-7H,2-3H2,1H3,(H,12,13,14). The van der Waals surface area contributed by atoms with Crippen LogP contribution in [-0.4, -0.2) is 28.3 Å². The Labute approximate surface area is 103 Å². The molecule has 0 aliphatic rings. The number of carbonyl (C=O) groups excluding carboxylic acids is 1. The zero-order valence-electron chi connectivity index (χ0n) is 9.38. The van der Waals surface area contributed by atoms with E-state index in [9.17, 15) is 4.79 Å². The SMILES string of the molecule is CNc1ncc(-c2nc(CCC=O)cs2)cn1. The molecule has 1 N–H and O–H groups in total. The second kappa shape index (κ2) is 5.49. The zero-order valence-corrected chi connectivity index (χ0v) is 10.2. The van der Waals surface area contributed by atoms with Gasteiger partial charge in [-0.25, -0.2) is 15.0 Å². The normalized spacial score (nSPS) is 10.2. The second-order valence-corrected chi connectivity index (χ2v) is 4.25. The Bertz CT molecular complexity index is 494. The van der Waals surface area contributed by atoms with Crippen molar-refractivity contribution in [3.63, 3.8) is 0 Å². The van der Waals surface area contributed by atoms with Crippen molar-refractivity contribution in [3.8, 4) is 10.6 Å². The van der Waals surface area contributed by atoms with Crippen LogP contribution in [0.3, 0.4) is 0 Å². The lowest BCUT2D eigenvalue weighted by Crippen LogP contribution is -1.95. The van der Waals surface area contributed by atoms with E-state index >= 15 is 0 Å². The van der Waals surface area contributed by atoms with Gasteiger partial charge in [-0.3, -0.25) is 0 Å². The maximum atomic E-state index is 10.3. The van der Waals surface area contributed by atoms with Gasteiger partial charge in [-0.05, 0) is 6.42 Å². The van der Waals surface area contributed by atoms with Crippen molar-refractivity contribution in [2.45, 2.75) is 12.8 Å². The van der Waals surface area contributed by atoms with Crippen LogP contribution in [0.25, 0.3) is 10.6 Å². The number of anilines is 1. The van der Waals surface area contributed by atoms with E-state index in [1.807, 2.05) is 5.38 Å². The van der Waals surface area contributed by atoms with Crippen LogP contribution >= 0.6 is 11.3 Å². The number of nitrogens with zero attached hydrogens (tertiary/aromatic N) is 3. The summed E-state index contributed by atoms with van der Waals surface area (Å²) in [7, 11) is 1.77. The monoisotopic (exact) mass is 248 g/mol. The van der Waals surface area contributed by atoms with Crippen LogP contribution in [0.4, 0.5) is 5.95 Å². The Morgan fingerprint density at radius 1 is 1.41 bits per heavy atom. The Morgan fingerprint density at radius 2 is 2.18 bits per heavy atom. The smallest absolute Gasteiger partial charge is 0.222 e. The van der Waals surface area contributed by atoms with Crippen LogP contribution in [0.2, 0.25) is 0 Å². The number of aromatic nitrogens is 3. The predicted molar refractivity (Wildman–Crippen MR) is 67.1 cm³/mol. The lowest BCUT2D eigenvalue weighted by Gasteiger charge is -1.98. The van der Waals surface area contributed by atoms with E-state index in [4.69, 9.17) is 0 Å². The molecule has 0 saturated heterocycles. The van der Waals surface area contributed by atoms with Gasteiger partial charge in [0.05, 0.1) is 5.69 Å². The minimum Gasteiger partial charge on any atom is -0.357 e. The molecule has 0 spiro atoms. The van der Waals surface area contributed by atoms with E-state index < -0.39 is 0 Å². The number of nitrogens with one attached hydrogen (secondary N) is 1. The van der Waals surface area contributed by atoms with Crippen LogP contribution in [-0.2, 0) is 11.2 Å². The first-order valence-electron chi connectivity index (χ1n) is 5.21. The Balaban J connectivity index is 2.15. The highest BCUT2D eigenvalue weighted by molar-refractivity contribution is 7.13. The van der Waals surface area contributed by atoms with Crippen molar-refractivity contribution >= 4 is 23.6 Å². The molecule has 2 aromatic heterocycles. The number of carbonyl (C=O) groups is 1. The third kappa shape index (κ3) is 2.85. The van der Waals surface area contributed by atoms with Gasteiger partial charge in [0.25, 0.3) is 0 Å². The summed E-state index contributed by atoms with van der Waals surface area (Å²) in [5, 5.41) is 5.71. The van der Waals surface area contributed by atoms with Crippen LogP contribution in [0, 0.1) is 0 Å². The second-order valence-electron chi connectivity index (χ2n) is 3.39. The van der Waals surface area contributed by atoms with Crippen molar-refractivity contribution in [1.29, 1.82) is 0 Å². The molecule has 0 radical (unpaired) electrons. The fourth-order valence-electron chi connectivity index (χ4n) is 1.33. The van der Waals surface area contributed by atoms with Gasteiger partial charge in [0, 0.05) is 36.8 Å². The summed E-state index contributed by atoms with van der Waals surface area (Å²) in [6.45, 7) is 0. The Morgan fingerprint density at radius 3 is 2.82 bits per heavy atom. The van der Waals surface area contributed by atoms with Crippen LogP contribution in [0.1, 0.15) is 12.1 Å². The van der Waals surface area contributed by atoms with Gasteiger partial charge in [0.1, 0.15) is 11.3 Å². The summed E-state index contributed by atoms with van der Waals surface area (Å²) in [6.07, 6.45) is 5.58. The largest absolute Gasteiger partial charge is 0.357 e. The average Bonchev–Trinajstić information content (AvgIpc) is 2.85. The number of hydrogen-bond acceptors (Lipinski definition) is 6. The molecule has 0 amide bonds. The molecule has 0 unspecified atom stereocenters. The summed E-state index contributed by atoms with van der Waals surface area (Å²) in [4.78, 5) is 23.0. The molecule has 17 heavy (non-hydrogen) atoms. The number of aryl methyl sites for hydroxylation is 1. The molecule has 6 heteroatoms. The van der Waals surface area contributed by atoms with Crippen molar-refractivity contribution in [1.82, 2.24) is 15.0 Å². The molecule has 2 heterocycles. The lowest BCUT2D eigenvalue weighted by atomic mass is 10.3. The van der Waals surface area contributed by atoms with Gasteiger partial charge in [-0.15, -0.1) is 11.3 Å².